The fourth-order valence-corrected chi connectivity index (χ4v) is 4.40. The molecule has 1 aliphatic heterocycles. The van der Waals surface area contributed by atoms with Crippen LogP contribution < -0.4 is 5.32 Å². The molecule has 0 aromatic carbocycles. The number of carbonyl (C=O) groups excluding carboxylic acids is 2. The summed E-state index contributed by atoms with van der Waals surface area (Å²) in [6, 6.07) is 3.76. The third-order valence-electron chi connectivity index (χ3n) is 4.41. The number of hydrogen-bond donors (Lipinski definition) is 1. The number of esters is 1. The Kier molecular flexibility index (Phi) is 4.26. The van der Waals surface area contributed by atoms with E-state index in [-0.39, 0.29) is 18.5 Å². The van der Waals surface area contributed by atoms with E-state index in [1.54, 1.807) is 0 Å². The van der Waals surface area contributed by atoms with Gasteiger partial charge in [-0.1, -0.05) is 24.8 Å². The number of nitrogens with one attached hydrogen (secondary N) is 1. The first-order valence-corrected chi connectivity index (χ1v) is 8.32. The normalized spacial score (nSPS) is 25.8. The highest BCUT2D eigenvalue weighted by molar-refractivity contribution is 7.16. The summed E-state index contributed by atoms with van der Waals surface area (Å²) in [6.07, 6.45) is 3.18. The fraction of sp³-hybridized carbons (Fsp3) is 0.412. The van der Waals surface area contributed by atoms with Crippen LogP contribution in [0.2, 0.25) is 0 Å². The van der Waals surface area contributed by atoms with Gasteiger partial charge < -0.3 is 9.47 Å². The molecule has 1 aromatic rings. The van der Waals surface area contributed by atoms with Crippen molar-refractivity contribution in [2.45, 2.75) is 19.3 Å². The zero-order chi connectivity index (χ0) is 16.4. The zero-order valence-corrected chi connectivity index (χ0v) is 13.6. The maximum absolute atomic E-state index is 12.3. The molecule has 122 valence electrons. The van der Waals surface area contributed by atoms with Gasteiger partial charge in [0.2, 0.25) is 0 Å². The lowest BCUT2D eigenvalue weighted by Gasteiger charge is -2.22. The second-order valence-electron chi connectivity index (χ2n) is 6.04. The minimum atomic E-state index is -0.510. The van der Waals surface area contributed by atoms with Crippen LogP contribution in [0.4, 0.5) is 9.80 Å². The first-order chi connectivity index (χ1) is 11.0. The molecule has 2 atom stereocenters. The first-order valence-electron chi connectivity index (χ1n) is 7.51. The molecular weight excluding hydrogens is 314 g/mol. The van der Waals surface area contributed by atoms with E-state index in [4.69, 9.17) is 9.47 Å². The maximum Gasteiger partial charge on any atom is 0.412 e. The van der Waals surface area contributed by atoms with Crippen LogP contribution in [0.1, 0.15) is 17.7 Å². The summed E-state index contributed by atoms with van der Waals surface area (Å²) in [7, 11) is 0. The van der Waals surface area contributed by atoms with Gasteiger partial charge in [0.25, 0.3) is 0 Å². The maximum atomic E-state index is 12.3. The molecule has 1 saturated heterocycles. The number of cyclic esters (lactones) is 1. The van der Waals surface area contributed by atoms with E-state index in [9.17, 15) is 9.59 Å². The number of fused-ring (bicyclic) bond motifs is 1. The van der Waals surface area contributed by atoms with Crippen LogP contribution in [-0.2, 0) is 20.7 Å². The molecule has 6 heteroatoms. The van der Waals surface area contributed by atoms with Crippen molar-refractivity contribution in [3.8, 4) is 0 Å². The molecule has 0 radical (unpaired) electrons. The zero-order valence-electron chi connectivity index (χ0n) is 12.8. The Morgan fingerprint density at radius 1 is 1.57 bits per heavy atom. The molecule has 1 saturated carbocycles. The summed E-state index contributed by atoms with van der Waals surface area (Å²) in [5, 5.41) is 3.37. The number of rotatable bonds is 5. The molecular formula is C17H19NO4S. The Morgan fingerprint density at radius 3 is 3.17 bits per heavy atom. The molecule has 5 nitrogen and oxygen atoms in total. The molecule has 2 aliphatic rings. The third kappa shape index (κ3) is 3.03. The fourth-order valence-electron chi connectivity index (χ4n) is 3.39. The van der Waals surface area contributed by atoms with Crippen molar-refractivity contribution < 1.29 is 19.1 Å². The number of thiophene rings is 1. The van der Waals surface area contributed by atoms with Crippen LogP contribution in [0, 0.1) is 11.3 Å². The predicted molar refractivity (Wildman–Crippen MR) is 88.4 cm³/mol. The molecule has 3 rings (SSSR count). The average Bonchev–Trinajstić information content (AvgIpc) is 3.14. The third-order valence-corrected chi connectivity index (χ3v) is 5.41. The minimum Gasteiger partial charge on any atom is -0.465 e. The summed E-state index contributed by atoms with van der Waals surface area (Å²) >= 11 is 1.45. The van der Waals surface area contributed by atoms with Crippen molar-refractivity contribution >= 4 is 28.4 Å². The van der Waals surface area contributed by atoms with Gasteiger partial charge in [0, 0.05) is 10.8 Å². The quantitative estimate of drug-likeness (QED) is 0.661. The Hall–Kier alpha value is -2.08. The molecule has 0 spiro atoms. The van der Waals surface area contributed by atoms with Crippen LogP contribution in [0.3, 0.4) is 0 Å². The summed E-state index contributed by atoms with van der Waals surface area (Å²) < 4.78 is 10.2. The van der Waals surface area contributed by atoms with Gasteiger partial charge in [0.05, 0.1) is 17.0 Å². The van der Waals surface area contributed by atoms with Crippen LogP contribution in [0.5, 0.6) is 0 Å². The number of ether oxygens (including phenoxy) is 2. The molecule has 23 heavy (non-hydrogen) atoms. The lowest BCUT2D eigenvalue weighted by atomic mass is 9.77. The van der Waals surface area contributed by atoms with E-state index >= 15 is 0 Å². The van der Waals surface area contributed by atoms with Crippen molar-refractivity contribution in [3.63, 3.8) is 0 Å². The van der Waals surface area contributed by atoms with Crippen molar-refractivity contribution in [3.05, 3.63) is 41.8 Å². The van der Waals surface area contributed by atoms with Gasteiger partial charge in [0.15, 0.2) is 0 Å². The highest BCUT2D eigenvalue weighted by Gasteiger charge is 2.56. The smallest absolute Gasteiger partial charge is 0.412 e. The highest BCUT2D eigenvalue weighted by Crippen LogP contribution is 2.53. The van der Waals surface area contributed by atoms with Gasteiger partial charge >= 0.3 is 12.1 Å². The van der Waals surface area contributed by atoms with E-state index in [1.165, 1.54) is 17.4 Å². The van der Waals surface area contributed by atoms with Crippen molar-refractivity contribution in [1.29, 1.82) is 0 Å². The minimum absolute atomic E-state index is 0.116. The van der Waals surface area contributed by atoms with Crippen LogP contribution in [0.15, 0.2) is 36.9 Å². The van der Waals surface area contributed by atoms with Gasteiger partial charge in [-0.3, -0.25) is 10.1 Å². The second-order valence-corrected chi connectivity index (χ2v) is 7.21. The Balaban J connectivity index is 1.69. The summed E-state index contributed by atoms with van der Waals surface area (Å²) in [6.45, 7) is 8.19. The average molecular weight is 333 g/mol. The molecule has 1 amide bonds. The largest absolute Gasteiger partial charge is 0.465 e. The SMILES string of the molecule is C=CCOC(=O)Nc1ccc(CC23CC(=C)CC2COC3=O)s1. The second kappa shape index (κ2) is 6.20. The first kappa shape index (κ1) is 15.8. The van der Waals surface area contributed by atoms with E-state index in [0.29, 0.717) is 24.4 Å². The molecule has 1 N–H and O–H groups in total. The van der Waals surface area contributed by atoms with Crippen molar-refractivity contribution in [2.75, 3.05) is 18.5 Å². The van der Waals surface area contributed by atoms with Gasteiger partial charge in [-0.05, 0) is 31.4 Å². The van der Waals surface area contributed by atoms with Gasteiger partial charge in [-0.2, -0.15) is 0 Å². The molecule has 0 bridgehead atoms. The summed E-state index contributed by atoms with van der Waals surface area (Å²) in [5.41, 5.74) is 0.650. The standard InChI is InChI=1S/C17H19NO4S/c1-3-6-21-16(20)18-14-5-4-13(23-14)9-17-8-11(2)7-12(17)10-22-15(17)19/h3-5,12H,1-2,6-10H2,(H,18,20). The Morgan fingerprint density at radius 2 is 2.39 bits per heavy atom. The Bertz CT molecular complexity index is 665. The van der Waals surface area contributed by atoms with Crippen molar-refractivity contribution in [1.82, 2.24) is 0 Å². The lowest BCUT2D eigenvalue weighted by molar-refractivity contribution is -0.146. The van der Waals surface area contributed by atoms with Crippen LogP contribution in [-0.4, -0.2) is 25.3 Å². The van der Waals surface area contributed by atoms with Gasteiger partial charge in [-0.25, -0.2) is 4.79 Å². The van der Waals surface area contributed by atoms with E-state index in [1.807, 2.05) is 12.1 Å². The summed E-state index contributed by atoms with van der Waals surface area (Å²) in [4.78, 5) is 24.9. The topological polar surface area (TPSA) is 64.6 Å². The van der Waals surface area contributed by atoms with Gasteiger partial charge in [-0.15, -0.1) is 11.3 Å². The number of hydrogen-bond acceptors (Lipinski definition) is 5. The number of allylic oxidation sites excluding steroid dienone is 1. The molecule has 2 heterocycles. The number of amides is 1. The van der Waals surface area contributed by atoms with Crippen LogP contribution >= 0.6 is 11.3 Å². The molecule has 2 fully saturated rings. The highest BCUT2D eigenvalue weighted by atomic mass is 32.1. The van der Waals surface area contributed by atoms with E-state index in [2.05, 4.69) is 18.5 Å². The molecule has 1 aliphatic carbocycles. The predicted octanol–water partition coefficient (Wildman–Crippen LogP) is 3.53. The lowest BCUT2D eigenvalue weighted by Crippen LogP contribution is -2.31. The van der Waals surface area contributed by atoms with Gasteiger partial charge in [0.1, 0.15) is 6.61 Å². The molecule has 2 unspecified atom stereocenters. The number of carbonyl (C=O) groups is 2. The summed E-state index contributed by atoms with van der Waals surface area (Å²) in [5.74, 6) is 0.105. The van der Waals surface area contributed by atoms with E-state index in [0.717, 1.165) is 16.9 Å². The monoisotopic (exact) mass is 333 g/mol. The van der Waals surface area contributed by atoms with Crippen molar-refractivity contribution in [2.24, 2.45) is 11.3 Å². The Labute approximate surface area is 139 Å². The number of anilines is 1. The molecule has 1 aromatic heterocycles. The van der Waals surface area contributed by atoms with Crippen LogP contribution in [0.25, 0.3) is 0 Å². The van der Waals surface area contributed by atoms with E-state index < -0.39 is 11.5 Å².